The summed E-state index contributed by atoms with van der Waals surface area (Å²) in [5, 5.41) is 0. The molecule has 0 saturated heterocycles. The number of fused-ring (bicyclic) bond motifs is 1. The molecule has 3 heterocycles. The highest BCUT2D eigenvalue weighted by atomic mass is 15.0. The molecule has 0 atom stereocenters. The maximum Gasteiger partial charge on any atom is 0.177 e. The van der Waals surface area contributed by atoms with Gasteiger partial charge in [0.2, 0.25) is 0 Å². The van der Waals surface area contributed by atoms with Crippen molar-refractivity contribution in [2.75, 3.05) is 6.54 Å². The summed E-state index contributed by atoms with van der Waals surface area (Å²) in [6.45, 7) is 0.681. The van der Waals surface area contributed by atoms with Crippen LogP contribution in [0.4, 0.5) is 0 Å². The number of hydrogen-bond donors (Lipinski definition) is 2. The first-order valence-corrected chi connectivity index (χ1v) is 6.32. The second-order valence-electron chi connectivity index (χ2n) is 4.40. The first kappa shape index (κ1) is 11.8. The standard InChI is InChI=1S/C14H15N5/c15-6-1-2-10-8-16-7-5-11(10)12-3-4-13-14(19-12)18-9-17-13/h3-5,7-9H,1-2,6,15H2,(H,17,18,19). The minimum atomic E-state index is 0.681. The van der Waals surface area contributed by atoms with Gasteiger partial charge in [0.1, 0.15) is 0 Å². The van der Waals surface area contributed by atoms with Crippen LogP contribution < -0.4 is 5.73 Å². The normalized spacial score (nSPS) is 11.0. The van der Waals surface area contributed by atoms with Crippen molar-refractivity contribution in [2.45, 2.75) is 12.8 Å². The predicted octanol–water partition coefficient (Wildman–Crippen LogP) is 1.91. The summed E-state index contributed by atoms with van der Waals surface area (Å²) in [6, 6.07) is 5.99. The third kappa shape index (κ3) is 2.32. The van der Waals surface area contributed by atoms with E-state index in [1.54, 1.807) is 12.5 Å². The number of H-pyrrole nitrogens is 1. The molecule has 0 saturated carbocycles. The number of aryl methyl sites for hydroxylation is 1. The summed E-state index contributed by atoms with van der Waals surface area (Å²) in [6.07, 6.45) is 7.20. The molecule has 5 nitrogen and oxygen atoms in total. The van der Waals surface area contributed by atoms with Gasteiger partial charge in [-0.2, -0.15) is 0 Å². The van der Waals surface area contributed by atoms with Gasteiger partial charge in [-0.3, -0.25) is 4.98 Å². The SMILES string of the molecule is NCCCc1cnccc1-c1ccc2[nH]cnc2n1. The van der Waals surface area contributed by atoms with E-state index in [2.05, 4.69) is 19.9 Å². The molecule has 3 N–H and O–H groups in total. The molecule has 0 amide bonds. The molecule has 0 radical (unpaired) electrons. The highest BCUT2D eigenvalue weighted by Gasteiger charge is 2.08. The lowest BCUT2D eigenvalue weighted by molar-refractivity contribution is 0.829. The lowest BCUT2D eigenvalue weighted by atomic mass is 10.0. The number of nitrogens with zero attached hydrogens (tertiary/aromatic N) is 3. The molecule has 0 aliphatic heterocycles. The number of imidazole rings is 1. The highest BCUT2D eigenvalue weighted by molar-refractivity contribution is 5.75. The van der Waals surface area contributed by atoms with Gasteiger partial charge in [-0.15, -0.1) is 0 Å². The molecule has 0 aliphatic carbocycles. The largest absolute Gasteiger partial charge is 0.343 e. The number of rotatable bonds is 4. The summed E-state index contributed by atoms with van der Waals surface area (Å²) >= 11 is 0. The van der Waals surface area contributed by atoms with Gasteiger partial charge in [-0.05, 0) is 43.1 Å². The van der Waals surface area contributed by atoms with E-state index in [1.165, 1.54) is 5.56 Å². The van der Waals surface area contributed by atoms with Crippen LogP contribution in [0.2, 0.25) is 0 Å². The van der Waals surface area contributed by atoms with E-state index in [4.69, 9.17) is 5.73 Å². The van der Waals surface area contributed by atoms with Crippen LogP contribution in [0.3, 0.4) is 0 Å². The second kappa shape index (κ2) is 5.16. The maximum absolute atomic E-state index is 5.58. The van der Waals surface area contributed by atoms with Gasteiger partial charge in [0.15, 0.2) is 5.65 Å². The van der Waals surface area contributed by atoms with Gasteiger partial charge in [0, 0.05) is 18.0 Å². The van der Waals surface area contributed by atoms with Gasteiger partial charge < -0.3 is 10.7 Å². The second-order valence-corrected chi connectivity index (χ2v) is 4.40. The van der Waals surface area contributed by atoms with E-state index in [1.807, 2.05) is 24.4 Å². The molecule has 0 fully saturated rings. The average molecular weight is 253 g/mol. The number of nitrogens with two attached hydrogens (primary N) is 1. The molecular formula is C14H15N5. The molecule has 0 bridgehead atoms. The third-order valence-electron chi connectivity index (χ3n) is 3.11. The van der Waals surface area contributed by atoms with Crippen LogP contribution in [0.5, 0.6) is 0 Å². The Labute approximate surface area is 110 Å². The number of aromatic amines is 1. The Hall–Kier alpha value is -2.27. The first-order valence-electron chi connectivity index (χ1n) is 6.32. The average Bonchev–Trinajstić information content (AvgIpc) is 2.92. The van der Waals surface area contributed by atoms with Crippen molar-refractivity contribution in [3.63, 3.8) is 0 Å². The van der Waals surface area contributed by atoms with Gasteiger partial charge in [0.05, 0.1) is 17.5 Å². The molecule has 96 valence electrons. The third-order valence-corrected chi connectivity index (χ3v) is 3.11. The van der Waals surface area contributed by atoms with Crippen molar-refractivity contribution in [1.29, 1.82) is 0 Å². The quantitative estimate of drug-likeness (QED) is 0.744. The number of aromatic nitrogens is 4. The zero-order chi connectivity index (χ0) is 13.1. The lowest BCUT2D eigenvalue weighted by Gasteiger charge is -2.07. The summed E-state index contributed by atoms with van der Waals surface area (Å²) < 4.78 is 0. The lowest BCUT2D eigenvalue weighted by Crippen LogP contribution is -2.02. The molecule has 5 heteroatoms. The van der Waals surface area contributed by atoms with E-state index >= 15 is 0 Å². The van der Waals surface area contributed by atoms with Crippen molar-refractivity contribution in [3.8, 4) is 11.3 Å². The first-order chi connectivity index (χ1) is 9.38. The molecular weight excluding hydrogens is 238 g/mol. The van der Waals surface area contributed by atoms with Crippen LogP contribution in [0.15, 0.2) is 36.9 Å². The van der Waals surface area contributed by atoms with E-state index < -0.39 is 0 Å². The van der Waals surface area contributed by atoms with E-state index in [0.717, 1.165) is 35.3 Å². The fraction of sp³-hybridized carbons (Fsp3) is 0.214. The van der Waals surface area contributed by atoms with Gasteiger partial charge in [0.25, 0.3) is 0 Å². The van der Waals surface area contributed by atoms with Gasteiger partial charge in [-0.1, -0.05) is 0 Å². The van der Waals surface area contributed by atoms with Crippen LogP contribution in [-0.4, -0.2) is 26.5 Å². The van der Waals surface area contributed by atoms with Crippen LogP contribution in [-0.2, 0) is 6.42 Å². The smallest absolute Gasteiger partial charge is 0.177 e. The molecule has 0 unspecified atom stereocenters. The van der Waals surface area contributed by atoms with Crippen LogP contribution in [0.25, 0.3) is 22.4 Å². The van der Waals surface area contributed by atoms with Crippen molar-refractivity contribution < 1.29 is 0 Å². The van der Waals surface area contributed by atoms with Crippen LogP contribution in [0, 0.1) is 0 Å². The Morgan fingerprint density at radius 2 is 2.16 bits per heavy atom. The van der Waals surface area contributed by atoms with Crippen molar-refractivity contribution >= 4 is 11.2 Å². The zero-order valence-electron chi connectivity index (χ0n) is 10.5. The van der Waals surface area contributed by atoms with Crippen molar-refractivity contribution in [2.24, 2.45) is 5.73 Å². The molecule has 3 rings (SSSR count). The van der Waals surface area contributed by atoms with Crippen molar-refractivity contribution in [1.82, 2.24) is 19.9 Å². The Bertz CT molecular complexity index is 689. The molecule has 19 heavy (non-hydrogen) atoms. The minimum Gasteiger partial charge on any atom is -0.343 e. The Balaban J connectivity index is 2.04. The minimum absolute atomic E-state index is 0.681. The van der Waals surface area contributed by atoms with Crippen LogP contribution >= 0.6 is 0 Å². The summed E-state index contributed by atoms with van der Waals surface area (Å²) in [5.41, 5.74) is 10.5. The number of pyridine rings is 2. The Morgan fingerprint density at radius 1 is 1.21 bits per heavy atom. The van der Waals surface area contributed by atoms with Crippen LogP contribution in [0.1, 0.15) is 12.0 Å². The maximum atomic E-state index is 5.58. The van der Waals surface area contributed by atoms with E-state index in [-0.39, 0.29) is 0 Å². The van der Waals surface area contributed by atoms with E-state index in [0.29, 0.717) is 6.54 Å². The molecule has 0 aliphatic rings. The number of hydrogen-bond acceptors (Lipinski definition) is 4. The van der Waals surface area contributed by atoms with Gasteiger partial charge >= 0.3 is 0 Å². The summed E-state index contributed by atoms with van der Waals surface area (Å²) in [4.78, 5) is 16.0. The molecule has 3 aromatic heterocycles. The zero-order valence-corrected chi connectivity index (χ0v) is 10.5. The Kier molecular flexibility index (Phi) is 3.20. The molecule has 0 spiro atoms. The topological polar surface area (TPSA) is 80.5 Å². The monoisotopic (exact) mass is 253 g/mol. The fourth-order valence-corrected chi connectivity index (χ4v) is 2.14. The predicted molar refractivity (Wildman–Crippen MR) is 74.5 cm³/mol. The summed E-state index contributed by atoms with van der Waals surface area (Å²) in [5.74, 6) is 0. The summed E-state index contributed by atoms with van der Waals surface area (Å²) in [7, 11) is 0. The fourth-order valence-electron chi connectivity index (χ4n) is 2.14. The molecule has 0 aromatic carbocycles. The van der Waals surface area contributed by atoms with Gasteiger partial charge in [-0.25, -0.2) is 9.97 Å². The highest BCUT2D eigenvalue weighted by Crippen LogP contribution is 2.23. The molecule has 3 aromatic rings. The van der Waals surface area contributed by atoms with Crippen molar-refractivity contribution in [3.05, 3.63) is 42.5 Å². The number of nitrogens with one attached hydrogen (secondary N) is 1. The Morgan fingerprint density at radius 3 is 3.05 bits per heavy atom. The van der Waals surface area contributed by atoms with E-state index in [9.17, 15) is 0 Å².